The third kappa shape index (κ3) is 7.52. The van der Waals surface area contributed by atoms with Crippen molar-refractivity contribution in [1.82, 2.24) is 0 Å². The zero-order valence-corrected chi connectivity index (χ0v) is 17.6. The van der Waals surface area contributed by atoms with Crippen LogP contribution >= 0.6 is 0 Å². The number of anilines is 1. The largest absolute Gasteiger partial charge is 0.478 e. The second kappa shape index (κ2) is 10.5. The molecule has 1 amide bonds. The van der Waals surface area contributed by atoms with Gasteiger partial charge in [0.15, 0.2) is 0 Å². The van der Waals surface area contributed by atoms with Crippen molar-refractivity contribution in [3.63, 3.8) is 0 Å². The second-order valence-corrected chi connectivity index (χ2v) is 7.01. The van der Waals surface area contributed by atoms with Crippen molar-refractivity contribution in [2.45, 2.75) is 19.3 Å². The number of amides is 1. The lowest BCUT2D eigenvalue weighted by atomic mass is 10.1. The Hall–Kier alpha value is -3.96. The van der Waals surface area contributed by atoms with Crippen molar-refractivity contribution in [1.29, 1.82) is 0 Å². The number of carboxylic acid groups (broad SMARTS) is 1. The van der Waals surface area contributed by atoms with Gasteiger partial charge in [-0.2, -0.15) is 26.3 Å². The Kier molecular flexibility index (Phi) is 8.21. The molecule has 0 unspecified atom stereocenters. The van der Waals surface area contributed by atoms with Crippen LogP contribution in [-0.2, 0) is 12.4 Å². The minimum atomic E-state index is -4.67. The highest BCUT2D eigenvalue weighted by atomic mass is 19.4. The molecule has 0 spiro atoms. The first-order valence-corrected chi connectivity index (χ1v) is 9.44. The number of carbonyl (C=O) groups is 2. The van der Waals surface area contributed by atoms with Crippen LogP contribution in [0.4, 0.5) is 40.8 Å². The Balaban J connectivity index is 0.000000269. The normalized spacial score (nSPS) is 11.3. The average molecular weight is 505 g/mol. The number of aromatic carboxylic acids is 1. The molecule has 3 aromatic rings. The molecule has 3 aromatic carbocycles. The summed E-state index contributed by atoms with van der Waals surface area (Å²) in [5, 5.41) is 10.8. The predicted molar refractivity (Wildman–Crippen MR) is 109 cm³/mol. The molecule has 0 saturated carbocycles. The van der Waals surface area contributed by atoms with Crippen LogP contribution in [0.2, 0.25) is 0 Å². The predicted octanol–water partition coefficient (Wildman–Crippen LogP) is 6.95. The molecule has 35 heavy (non-hydrogen) atoms. The minimum absolute atomic E-state index is 0.156. The van der Waals surface area contributed by atoms with Gasteiger partial charge < -0.3 is 10.4 Å². The maximum Gasteiger partial charge on any atom is 0.416 e. The summed E-state index contributed by atoms with van der Waals surface area (Å²) < 4.78 is 99.6. The van der Waals surface area contributed by atoms with E-state index in [0.717, 1.165) is 11.6 Å². The van der Waals surface area contributed by atoms with Crippen LogP contribution in [-0.4, -0.2) is 17.0 Å². The van der Waals surface area contributed by atoms with Crippen LogP contribution in [0.25, 0.3) is 0 Å². The second-order valence-electron chi connectivity index (χ2n) is 7.01. The van der Waals surface area contributed by atoms with Crippen molar-refractivity contribution in [2.24, 2.45) is 0 Å². The summed E-state index contributed by atoms with van der Waals surface area (Å²) in [7, 11) is 0. The molecule has 0 aromatic heterocycles. The monoisotopic (exact) mass is 505 g/mol. The number of hydrogen-bond donors (Lipinski definition) is 2. The van der Waals surface area contributed by atoms with E-state index in [1.165, 1.54) is 0 Å². The van der Waals surface area contributed by atoms with Gasteiger partial charge in [-0.3, -0.25) is 4.79 Å². The number of carboxylic acids is 1. The topological polar surface area (TPSA) is 66.4 Å². The van der Waals surface area contributed by atoms with E-state index < -0.39 is 58.1 Å². The summed E-state index contributed by atoms with van der Waals surface area (Å²) in [6.07, 6.45) is -9.31. The number of benzene rings is 3. The molecular weight excluding hydrogens is 490 g/mol. The van der Waals surface area contributed by atoms with Gasteiger partial charge in [0.2, 0.25) is 0 Å². The van der Waals surface area contributed by atoms with E-state index in [0.29, 0.717) is 30.0 Å². The molecule has 0 atom stereocenters. The summed E-state index contributed by atoms with van der Waals surface area (Å²) in [5.74, 6) is -5.01. The molecule has 4 nitrogen and oxygen atoms in total. The van der Waals surface area contributed by atoms with E-state index in [4.69, 9.17) is 5.11 Å². The van der Waals surface area contributed by atoms with Crippen LogP contribution in [0.5, 0.6) is 0 Å². The quantitative estimate of drug-likeness (QED) is 0.379. The Morgan fingerprint density at radius 3 is 1.51 bits per heavy atom. The highest BCUT2D eigenvalue weighted by Crippen LogP contribution is 2.31. The molecule has 0 aliphatic carbocycles. The van der Waals surface area contributed by atoms with Crippen molar-refractivity contribution < 1.29 is 49.8 Å². The molecule has 0 saturated heterocycles. The van der Waals surface area contributed by atoms with Crippen LogP contribution in [0, 0.1) is 18.6 Å². The van der Waals surface area contributed by atoms with Gasteiger partial charge >= 0.3 is 18.3 Å². The Morgan fingerprint density at radius 2 is 1.14 bits per heavy atom. The van der Waals surface area contributed by atoms with E-state index >= 15 is 0 Å². The van der Waals surface area contributed by atoms with Crippen LogP contribution in [0.3, 0.4) is 0 Å². The van der Waals surface area contributed by atoms with Gasteiger partial charge in [0.05, 0.1) is 22.3 Å². The van der Waals surface area contributed by atoms with Crippen molar-refractivity contribution >= 4 is 17.6 Å². The van der Waals surface area contributed by atoms with Gasteiger partial charge in [-0.25, -0.2) is 13.6 Å². The molecule has 3 rings (SSSR count). The first-order valence-electron chi connectivity index (χ1n) is 9.44. The first kappa shape index (κ1) is 27.3. The molecule has 0 radical (unpaired) electrons. The van der Waals surface area contributed by atoms with Crippen molar-refractivity contribution in [2.75, 3.05) is 5.32 Å². The van der Waals surface area contributed by atoms with Gasteiger partial charge in [-0.1, -0.05) is 17.7 Å². The molecule has 0 aliphatic rings. The number of alkyl halides is 6. The van der Waals surface area contributed by atoms with Crippen molar-refractivity contribution in [3.05, 3.63) is 100 Å². The van der Waals surface area contributed by atoms with Gasteiger partial charge in [0, 0.05) is 5.69 Å². The molecule has 0 bridgehead atoms. The summed E-state index contributed by atoms with van der Waals surface area (Å²) in [4.78, 5) is 22.1. The summed E-state index contributed by atoms with van der Waals surface area (Å²) in [6, 6.07) is 9.80. The number of nitrogens with one attached hydrogen (secondary N) is 1. The number of aryl methyl sites for hydroxylation is 1. The summed E-state index contributed by atoms with van der Waals surface area (Å²) in [5.41, 5.74) is -2.15. The Morgan fingerprint density at radius 1 is 0.714 bits per heavy atom. The fraction of sp³-hybridized carbons (Fsp3) is 0.130. The van der Waals surface area contributed by atoms with E-state index in [-0.39, 0.29) is 6.07 Å². The van der Waals surface area contributed by atoms with Gasteiger partial charge in [-0.15, -0.1) is 0 Å². The fourth-order valence-corrected chi connectivity index (χ4v) is 2.58. The zero-order valence-electron chi connectivity index (χ0n) is 17.6. The smallest absolute Gasteiger partial charge is 0.416 e. The highest BCUT2D eigenvalue weighted by molar-refractivity contribution is 6.04. The van der Waals surface area contributed by atoms with Gasteiger partial charge in [0.1, 0.15) is 11.6 Å². The Labute approximate surface area is 192 Å². The number of carbonyl (C=O) groups excluding carboxylic acids is 1. The molecule has 186 valence electrons. The minimum Gasteiger partial charge on any atom is -0.478 e. The highest BCUT2D eigenvalue weighted by Gasteiger charge is 2.32. The molecular formula is C23H15F8NO3. The SMILES string of the molecule is Cc1ccc(NC(=O)c2ccc(C(F)(F)F)cc2F)cc1.O=C(O)c1ccc(C(F)(F)F)cc1F. The number of rotatable bonds is 3. The Bertz CT molecular complexity index is 1220. The third-order valence-electron chi connectivity index (χ3n) is 4.38. The van der Waals surface area contributed by atoms with Crippen LogP contribution in [0.15, 0.2) is 60.7 Å². The third-order valence-corrected chi connectivity index (χ3v) is 4.38. The fourth-order valence-electron chi connectivity index (χ4n) is 2.58. The molecule has 12 heteroatoms. The van der Waals surface area contributed by atoms with Crippen LogP contribution in [0.1, 0.15) is 37.4 Å². The van der Waals surface area contributed by atoms with E-state index in [1.54, 1.807) is 24.3 Å². The number of hydrogen-bond acceptors (Lipinski definition) is 2. The first-order chi connectivity index (χ1) is 16.1. The van der Waals surface area contributed by atoms with E-state index in [9.17, 15) is 44.7 Å². The van der Waals surface area contributed by atoms with Crippen LogP contribution < -0.4 is 5.32 Å². The zero-order chi connectivity index (χ0) is 26.6. The summed E-state index contributed by atoms with van der Waals surface area (Å²) >= 11 is 0. The van der Waals surface area contributed by atoms with Gasteiger partial charge in [-0.05, 0) is 55.5 Å². The lowest BCUT2D eigenvalue weighted by molar-refractivity contribution is -0.138. The number of halogens is 8. The molecule has 2 N–H and O–H groups in total. The van der Waals surface area contributed by atoms with Gasteiger partial charge in [0.25, 0.3) is 5.91 Å². The van der Waals surface area contributed by atoms with E-state index in [1.807, 2.05) is 6.92 Å². The van der Waals surface area contributed by atoms with E-state index in [2.05, 4.69) is 5.32 Å². The lowest BCUT2D eigenvalue weighted by Gasteiger charge is -2.10. The molecule has 0 aliphatic heterocycles. The molecule has 0 heterocycles. The standard InChI is InChI=1S/C15H11F4NO.C8H4F4O2/c1-9-2-5-11(6-3-9)20-14(21)12-7-4-10(8-13(12)16)15(17,18)19;9-6-3-4(8(10,11)12)1-2-5(6)7(13)14/h2-8H,1H3,(H,20,21);1-3H,(H,13,14). The maximum absolute atomic E-state index is 13.6. The lowest BCUT2D eigenvalue weighted by Crippen LogP contribution is -2.15. The average Bonchev–Trinajstić information content (AvgIpc) is 2.74. The maximum atomic E-state index is 13.6. The molecule has 0 fully saturated rings. The van der Waals surface area contributed by atoms with Crippen molar-refractivity contribution in [3.8, 4) is 0 Å². The summed E-state index contributed by atoms with van der Waals surface area (Å²) in [6.45, 7) is 1.86.